The van der Waals surface area contributed by atoms with Gasteiger partial charge in [0.25, 0.3) is 0 Å². The van der Waals surface area contributed by atoms with Crippen molar-refractivity contribution >= 4 is 48.9 Å². The van der Waals surface area contributed by atoms with Crippen molar-refractivity contribution in [2.24, 2.45) is 10.8 Å². The minimum Gasteiger partial charge on any atom is -0.512 e. The standard InChI is InChI=1S/C27H12F2NO.C11H20O2.Ir/c28-22-10-16-5-6-17-18-7-8-30-27-21-9-14-3-1-2-4-15(14)11-24(21)31-25(26(18)27)13-20(17)19(16)12-23(22)29;1-10(2,3)8(12)7-9(13)11(4,5)6;/h1-8,10-13H;7,12H,1-6H3;/q-1;;/b;8-7-;. The topological polar surface area (TPSA) is 59.4 Å². The minimum absolute atomic E-state index is 0. The van der Waals surface area contributed by atoms with Crippen LogP contribution in [0.4, 0.5) is 8.78 Å². The number of ether oxygens (including phenoxy) is 1. The first-order chi connectivity index (χ1) is 20.7. The quantitative estimate of drug-likeness (QED) is 0.0780. The number of pyridine rings is 1. The van der Waals surface area contributed by atoms with Gasteiger partial charge in [-0.05, 0) is 51.2 Å². The molecular formula is C38H32F2IrNO3-. The van der Waals surface area contributed by atoms with Crippen LogP contribution in [0.15, 0.2) is 84.8 Å². The fourth-order valence-corrected chi connectivity index (χ4v) is 5.22. The summed E-state index contributed by atoms with van der Waals surface area (Å²) in [7, 11) is 0. The Balaban J connectivity index is 0.000000246. The normalized spacial score (nSPS) is 12.8. The Morgan fingerprint density at radius 2 is 1.51 bits per heavy atom. The number of halogens is 2. The number of aliphatic hydroxyl groups is 1. The zero-order chi connectivity index (χ0) is 31.6. The van der Waals surface area contributed by atoms with E-state index in [1.807, 2.05) is 96.1 Å². The Morgan fingerprint density at radius 3 is 2.22 bits per heavy atom. The van der Waals surface area contributed by atoms with Gasteiger partial charge in [0.1, 0.15) is 11.5 Å². The van der Waals surface area contributed by atoms with Gasteiger partial charge in [-0.1, -0.05) is 88.9 Å². The summed E-state index contributed by atoms with van der Waals surface area (Å²) < 4.78 is 34.2. The second-order valence-corrected chi connectivity index (χ2v) is 13.2. The molecule has 45 heavy (non-hydrogen) atoms. The molecule has 5 aromatic carbocycles. The predicted molar refractivity (Wildman–Crippen MR) is 173 cm³/mol. The summed E-state index contributed by atoms with van der Waals surface area (Å²) in [5.74, 6) is -0.279. The van der Waals surface area contributed by atoms with Gasteiger partial charge in [0.15, 0.2) is 17.4 Å². The summed E-state index contributed by atoms with van der Waals surface area (Å²) >= 11 is 0. The predicted octanol–water partition coefficient (Wildman–Crippen LogP) is 10.6. The molecule has 2 heterocycles. The van der Waals surface area contributed by atoms with Crippen LogP contribution in [0.2, 0.25) is 0 Å². The van der Waals surface area contributed by atoms with Crippen LogP contribution in [0.1, 0.15) is 41.5 Å². The van der Waals surface area contributed by atoms with Crippen molar-refractivity contribution in [3.63, 3.8) is 0 Å². The number of carbonyl (C=O) groups excluding carboxylic acids is 1. The molecule has 6 aromatic rings. The van der Waals surface area contributed by atoms with Crippen LogP contribution >= 0.6 is 0 Å². The van der Waals surface area contributed by atoms with E-state index in [1.54, 1.807) is 6.20 Å². The third-order valence-corrected chi connectivity index (χ3v) is 7.85. The Bertz CT molecular complexity index is 2180. The van der Waals surface area contributed by atoms with Gasteiger partial charge in [0.05, 0.1) is 5.75 Å². The van der Waals surface area contributed by atoms with Crippen LogP contribution < -0.4 is 4.74 Å². The van der Waals surface area contributed by atoms with E-state index in [4.69, 9.17) is 4.74 Å². The van der Waals surface area contributed by atoms with E-state index in [1.165, 1.54) is 18.2 Å². The van der Waals surface area contributed by atoms with E-state index in [-0.39, 0.29) is 37.1 Å². The summed E-state index contributed by atoms with van der Waals surface area (Å²) in [6, 6.07) is 23.5. The zero-order valence-electron chi connectivity index (χ0n) is 25.8. The molecule has 7 rings (SSSR count). The molecule has 0 atom stereocenters. The van der Waals surface area contributed by atoms with Gasteiger partial charge in [0, 0.05) is 54.3 Å². The number of benzene rings is 5. The summed E-state index contributed by atoms with van der Waals surface area (Å²) in [5, 5.41) is 16.5. The van der Waals surface area contributed by atoms with Gasteiger partial charge >= 0.3 is 0 Å². The second kappa shape index (κ2) is 11.6. The molecule has 1 aliphatic rings. The van der Waals surface area contributed by atoms with Gasteiger partial charge in [-0.3, -0.25) is 9.78 Å². The molecule has 1 aromatic heterocycles. The van der Waals surface area contributed by atoms with E-state index in [2.05, 4.69) is 11.1 Å². The molecule has 4 nitrogen and oxygen atoms in total. The smallest absolute Gasteiger partial charge is 0.164 e. The first-order valence-corrected chi connectivity index (χ1v) is 14.4. The Hall–Kier alpha value is -4.19. The van der Waals surface area contributed by atoms with Gasteiger partial charge in [-0.25, -0.2) is 8.78 Å². The Labute approximate surface area is 274 Å². The number of aromatic nitrogens is 1. The molecule has 7 heteroatoms. The van der Waals surface area contributed by atoms with Gasteiger partial charge < -0.3 is 9.84 Å². The average molecular weight is 781 g/mol. The molecule has 1 aliphatic heterocycles. The Kier molecular flexibility index (Phi) is 8.32. The number of carbonyl (C=O) groups is 1. The van der Waals surface area contributed by atoms with Crippen LogP contribution in [0.25, 0.3) is 54.3 Å². The molecule has 0 amide bonds. The maximum atomic E-state index is 14.1. The summed E-state index contributed by atoms with van der Waals surface area (Å²) in [6.07, 6.45) is 3.11. The molecular weight excluding hydrogens is 749 g/mol. The Morgan fingerprint density at radius 1 is 0.800 bits per heavy atom. The van der Waals surface area contributed by atoms with Crippen molar-refractivity contribution in [2.45, 2.75) is 41.5 Å². The van der Waals surface area contributed by atoms with Crippen LogP contribution in [0, 0.1) is 28.5 Å². The van der Waals surface area contributed by atoms with E-state index in [9.17, 15) is 18.7 Å². The number of hydrogen-bond acceptors (Lipinski definition) is 4. The number of ketones is 1. The van der Waals surface area contributed by atoms with Crippen LogP contribution in [0.5, 0.6) is 11.5 Å². The minimum atomic E-state index is -0.864. The zero-order valence-corrected chi connectivity index (χ0v) is 28.2. The van der Waals surface area contributed by atoms with E-state index >= 15 is 0 Å². The molecule has 0 unspecified atom stereocenters. The number of allylic oxidation sites excluding steroid dienone is 2. The van der Waals surface area contributed by atoms with Crippen molar-refractivity contribution in [1.29, 1.82) is 0 Å². The molecule has 1 N–H and O–H groups in total. The summed E-state index contributed by atoms with van der Waals surface area (Å²) in [4.78, 5) is 16.1. The second-order valence-electron chi connectivity index (χ2n) is 13.2. The van der Waals surface area contributed by atoms with E-state index in [0.29, 0.717) is 22.3 Å². The summed E-state index contributed by atoms with van der Waals surface area (Å²) in [5.41, 5.74) is 0.872. The number of rotatable bonds is 1. The van der Waals surface area contributed by atoms with Crippen LogP contribution in [0.3, 0.4) is 0 Å². The molecule has 0 saturated heterocycles. The first kappa shape index (κ1) is 32.2. The molecule has 1 radical (unpaired) electrons. The monoisotopic (exact) mass is 781 g/mol. The first-order valence-electron chi connectivity index (χ1n) is 14.4. The number of hydrogen-bond donors (Lipinski definition) is 1. The third-order valence-electron chi connectivity index (χ3n) is 7.85. The molecule has 0 saturated carbocycles. The number of aliphatic hydroxyl groups excluding tert-OH is 1. The van der Waals surface area contributed by atoms with Gasteiger partial charge in [0.2, 0.25) is 0 Å². The SMILES string of the molecule is CC(C)(C)C(=O)/C=C(\O)C(C)(C)C.Fc1cc2ccc3c4ccnc5c4c(cc3c2cc1F)Oc1cc2ccccc2[c-]c1-5.[Ir]. The molecule has 0 aliphatic carbocycles. The van der Waals surface area contributed by atoms with Crippen molar-refractivity contribution in [3.8, 4) is 22.8 Å². The van der Waals surface area contributed by atoms with Gasteiger partial charge in [-0.15, -0.1) is 17.5 Å². The van der Waals surface area contributed by atoms with Crippen molar-refractivity contribution in [2.75, 3.05) is 0 Å². The van der Waals surface area contributed by atoms with Crippen LogP contribution in [-0.2, 0) is 24.9 Å². The maximum absolute atomic E-state index is 14.1. The molecule has 0 spiro atoms. The number of fused-ring (bicyclic) bond motifs is 7. The molecule has 0 bridgehead atoms. The fraction of sp³-hybridized carbons (Fsp3) is 0.211. The molecule has 0 fully saturated rings. The van der Waals surface area contributed by atoms with Crippen LogP contribution in [-0.4, -0.2) is 15.9 Å². The van der Waals surface area contributed by atoms with Gasteiger partial charge in [-0.2, -0.15) is 0 Å². The average Bonchev–Trinajstić information content (AvgIpc) is 2.96. The maximum Gasteiger partial charge on any atom is 0.164 e. The largest absolute Gasteiger partial charge is 0.512 e. The fourth-order valence-electron chi connectivity index (χ4n) is 5.22. The van der Waals surface area contributed by atoms with E-state index in [0.717, 1.165) is 43.6 Å². The van der Waals surface area contributed by atoms with Crippen molar-refractivity contribution < 1.29 is 43.5 Å². The number of nitrogens with zero attached hydrogens (tertiary/aromatic N) is 1. The van der Waals surface area contributed by atoms with Crippen molar-refractivity contribution in [1.82, 2.24) is 4.98 Å². The van der Waals surface area contributed by atoms with Crippen molar-refractivity contribution in [3.05, 3.63) is 102 Å². The van der Waals surface area contributed by atoms with E-state index < -0.39 is 17.0 Å². The third kappa shape index (κ3) is 5.95. The molecule has 231 valence electrons. The summed E-state index contributed by atoms with van der Waals surface area (Å²) in [6.45, 7) is 11.1.